The van der Waals surface area contributed by atoms with Crippen LogP contribution in [0.4, 0.5) is 23.1 Å². The molecule has 1 aliphatic heterocycles. The van der Waals surface area contributed by atoms with Crippen molar-refractivity contribution in [2.45, 2.75) is 38.1 Å². The Morgan fingerprint density at radius 2 is 2.10 bits per heavy atom. The summed E-state index contributed by atoms with van der Waals surface area (Å²) in [4.78, 5) is 37.0. The van der Waals surface area contributed by atoms with E-state index in [1.54, 1.807) is 0 Å². The number of aryl methyl sites for hydroxylation is 1. The highest BCUT2D eigenvalue weighted by molar-refractivity contribution is 5.99. The third kappa shape index (κ3) is 3.30. The second-order valence-electron chi connectivity index (χ2n) is 7.55. The zero-order chi connectivity index (χ0) is 19.8. The molecule has 1 saturated carbocycles. The van der Waals surface area contributed by atoms with Gasteiger partial charge in [-0.1, -0.05) is 0 Å². The molecule has 0 spiro atoms. The summed E-state index contributed by atoms with van der Waals surface area (Å²) in [7, 11) is 0. The summed E-state index contributed by atoms with van der Waals surface area (Å²) >= 11 is 0. The number of aromatic amines is 1. The summed E-state index contributed by atoms with van der Waals surface area (Å²) in [6, 6.07) is 8.22. The van der Waals surface area contributed by atoms with Gasteiger partial charge in [0.15, 0.2) is 0 Å². The van der Waals surface area contributed by atoms with Crippen LogP contribution >= 0.6 is 0 Å². The number of amides is 1. The molecule has 2 aromatic heterocycles. The molecule has 3 N–H and O–H groups in total. The Hall–Kier alpha value is -3.42. The van der Waals surface area contributed by atoms with Gasteiger partial charge in [0.1, 0.15) is 17.8 Å². The monoisotopic (exact) mass is 390 g/mol. The van der Waals surface area contributed by atoms with E-state index in [9.17, 15) is 9.59 Å². The summed E-state index contributed by atoms with van der Waals surface area (Å²) in [6.45, 7) is 0.0847. The molecule has 0 saturated heterocycles. The first-order valence-corrected chi connectivity index (χ1v) is 9.97. The first kappa shape index (κ1) is 17.7. The van der Waals surface area contributed by atoms with Crippen molar-refractivity contribution >= 4 is 46.4 Å². The Bertz CT molecular complexity index is 1090. The number of rotatable bonds is 6. The van der Waals surface area contributed by atoms with Gasteiger partial charge in [-0.25, -0.2) is 0 Å². The number of hydrogen-bond donors (Lipinski definition) is 3. The summed E-state index contributed by atoms with van der Waals surface area (Å²) in [5.74, 6) is 1.33. The number of hydrogen-bond acceptors (Lipinski definition) is 6. The first-order valence-electron chi connectivity index (χ1n) is 9.97. The molecule has 0 bridgehead atoms. The normalized spacial score (nSPS) is 16.4. The summed E-state index contributed by atoms with van der Waals surface area (Å²) in [5, 5.41) is 7.79. The molecule has 148 valence electrons. The molecule has 8 heteroatoms. The minimum absolute atomic E-state index is 0.0162. The molecule has 1 amide bonds. The standard InChI is InChI=1S/C21H22N6O2/c28-11-10-27-17-6-5-15(12-13(17)4-7-18(27)29)24-21-25-19-16(8-9-22-19)20(26-21)23-14-2-1-3-14/h5-6,8-9,11-12,14H,1-4,7,10H2,(H3,22,23,24,25,26). The van der Waals surface area contributed by atoms with Gasteiger partial charge < -0.3 is 25.3 Å². The average Bonchev–Trinajstić information content (AvgIpc) is 3.16. The number of carbonyl (C=O) groups is 2. The van der Waals surface area contributed by atoms with Gasteiger partial charge >= 0.3 is 0 Å². The maximum atomic E-state index is 12.1. The smallest absolute Gasteiger partial charge is 0.231 e. The SMILES string of the molecule is O=CCN1C(=O)CCc2cc(Nc3nc(NC4CCC4)c4cc[nH]c4n3)ccc21. The second kappa shape index (κ2) is 7.20. The van der Waals surface area contributed by atoms with E-state index in [-0.39, 0.29) is 12.5 Å². The van der Waals surface area contributed by atoms with E-state index < -0.39 is 0 Å². The third-order valence-electron chi connectivity index (χ3n) is 5.65. The molecule has 1 aromatic carbocycles. The van der Waals surface area contributed by atoms with Gasteiger partial charge in [-0.3, -0.25) is 4.79 Å². The first-order chi connectivity index (χ1) is 14.2. The van der Waals surface area contributed by atoms with E-state index in [0.717, 1.165) is 40.1 Å². The molecule has 8 nitrogen and oxygen atoms in total. The van der Waals surface area contributed by atoms with Gasteiger partial charge in [0, 0.05) is 30.0 Å². The van der Waals surface area contributed by atoms with Crippen molar-refractivity contribution in [3.05, 3.63) is 36.0 Å². The summed E-state index contributed by atoms with van der Waals surface area (Å²) in [5.41, 5.74) is 3.46. The van der Waals surface area contributed by atoms with Crippen LogP contribution in [-0.2, 0) is 16.0 Å². The van der Waals surface area contributed by atoms with E-state index in [1.807, 2.05) is 30.5 Å². The van der Waals surface area contributed by atoms with Gasteiger partial charge in [-0.15, -0.1) is 0 Å². The molecule has 0 atom stereocenters. The fourth-order valence-electron chi connectivity index (χ4n) is 3.89. The predicted molar refractivity (Wildman–Crippen MR) is 112 cm³/mol. The van der Waals surface area contributed by atoms with E-state index >= 15 is 0 Å². The molecular formula is C21H22N6O2. The number of anilines is 4. The van der Waals surface area contributed by atoms with Crippen LogP contribution in [0, 0.1) is 0 Å². The maximum absolute atomic E-state index is 12.1. The van der Waals surface area contributed by atoms with Crippen molar-refractivity contribution < 1.29 is 9.59 Å². The molecule has 1 fully saturated rings. The van der Waals surface area contributed by atoms with Crippen LogP contribution in [0.15, 0.2) is 30.5 Å². The fraction of sp³-hybridized carbons (Fsp3) is 0.333. The lowest BCUT2D eigenvalue weighted by atomic mass is 9.93. The van der Waals surface area contributed by atoms with Gasteiger partial charge in [0.25, 0.3) is 0 Å². The molecule has 3 aromatic rings. The van der Waals surface area contributed by atoms with Gasteiger partial charge in [-0.05, 0) is 55.5 Å². The minimum Gasteiger partial charge on any atom is -0.367 e. The van der Waals surface area contributed by atoms with E-state index in [2.05, 4.69) is 20.6 Å². The molecule has 29 heavy (non-hydrogen) atoms. The van der Waals surface area contributed by atoms with Crippen molar-refractivity contribution in [2.24, 2.45) is 0 Å². The van der Waals surface area contributed by atoms with Crippen LogP contribution in [0.3, 0.4) is 0 Å². The zero-order valence-corrected chi connectivity index (χ0v) is 15.9. The quantitative estimate of drug-likeness (QED) is 0.559. The van der Waals surface area contributed by atoms with E-state index in [1.165, 1.54) is 24.2 Å². The number of benzene rings is 1. The second-order valence-corrected chi connectivity index (χ2v) is 7.55. The Morgan fingerprint density at radius 3 is 2.90 bits per heavy atom. The molecule has 3 heterocycles. The van der Waals surface area contributed by atoms with Crippen LogP contribution in [0.25, 0.3) is 11.0 Å². The highest BCUT2D eigenvalue weighted by Crippen LogP contribution is 2.32. The van der Waals surface area contributed by atoms with Gasteiger partial charge in [0.2, 0.25) is 11.9 Å². The van der Waals surface area contributed by atoms with Crippen LogP contribution in [0.5, 0.6) is 0 Å². The molecule has 1 aliphatic carbocycles. The zero-order valence-electron chi connectivity index (χ0n) is 15.9. The topological polar surface area (TPSA) is 103 Å². The van der Waals surface area contributed by atoms with Crippen molar-refractivity contribution in [3.63, 3.8) is 0 Å². The highest BCUT2D eigenvalue weighted by Gasteiger charge is 2.24. The number of H-pyrrole nitrogens is 1. The van der Waals surface area contributed by atoms with E-state index in [4.69, 9.17) is 4.98 Å². The Kier molecular flexibility index (Phi) is 4.38. The van der Waals surface area contributed by atoms with E-state index in [0.29, 0.717) is 24.8 Å². The fourth-order valence-corrected chi connectivity index (χ4v) is 3.89. The highest BCUT2D eigenvalue weighted by atomic mass is 16.2. The lowest BCUT2D eigenvalue weighted by Crippen LogP contribution is -2.36. The molecular weight excluding hydrogens is 368 g/mol. The van der Waals surface area contributed by atoms with Crippen LogP contribution < -0.4 is 15.5 Å². The largest absolute Gasteiger partial charge is 0.367 e. The van der Waals surface area contributed by atoms with Crippen molar-refractivity contribution in [1.82, 2.24) is 15.0 Å². The van der Waals surface area contributed by atoms with Gasteiger partial charge in [-0.2, -0.15) is 9.97 Å². The Balaban J connectivity index is 1.43. The number of nitrogens with one attached hydrogen (secondary N) is 3. The summed E-state index contributed by atoms with van der Waals surface area (Å²) in [6.07, 6.45) is 7.28. The third-order valence-corrected chi connectivity index (χ3v) is 5.65. The number of fused-ring (bicyclic) bond motifs is 2. The van der Waals surface area contributed by atoms with Crippen LogP contribution in [-0.4, -0.2) is 39.7 Å². The van der Waals surface area contributed by atoms with Crippen molar-refractivity contribution in [3.8, 4) is 0 Å². The van der Waals surface area contributed by atoms with Gasteiger partial charge in [0.05, 0.1) is 11.9 Å². The average molecular weight is 390 g/mol. The maximum Gasteiger partial charge on any atom is 0.231 e. The molecule has 0 unspecified atom stereocenters. The molecule has 2 aliphatic rings. The lowest BCUT2D eigenvalue weighted by Gasteiger charge is -2.28. The number of carbonyl (C=O) groups excluding carboxylic acids is 2. The number of aldehydes is 1. The number of aromatic nitrogens is 3. The predicted octanol–water partition coefficient (Wildman–Crippen LogP) is 3.14. The molecule has 5 rings (SSSR count). The number of nitrogens with zero attached hydrogens (tertiary/aromatic N) is 3. The summed E-state index contributed by atoms with van der Waals surface area (Å²) < 4.78 is 0. The van der Waals surface area contributed by atoms with Crippen LogP contribution in [0.1, 0.15) is 31.2 Å². The van der Waals surface area contributed by atoms with Crippen molar-refractivity contribution in [1.29, 1.82) is 0 Å². The van der Waals surface area contributed by atoms with Crippen molar-refractivity contribution in [2.75, 3.05) is 22.1 Å². The molecule has 0 radical (unpaired) electrons. The lowest BCUT2D eigenvalue weighted by molar-refractivity contribution is -0.120. The van der Waals surface area contributed by atoms with Crippen LogP contribution in [0.2, 0.25) is 0 Å². The Morgan fingerprint density at radius 1 is 1.21 bits per heavy atom. The Labute approximate surface area is 167 Å². The minimum atomic E-state index is -0.0162.